The number of rotatable bonds is 5. The molecule has 1 aliphatic rings. The summed E-state index contributed by atoms with van der Waals surface area (Å²) in [4.78, 5) is 28.0. The van der Waals surface area contributed by atoms with E-state index in [0.717, 1.165) is 54.2 Å². The average molecular weight is 395 g/mol. The number of nitrogens with one attached hydrogen (secondary N) is 2. The van der Waals surface area contributed by atoms with Crippen molar-refractivity contribution in [2.45, 2.75) is 40.7 Å². The van der Waals surface area contributed by atoms with Crippen LogP contribution in [0.4, 0.5) is 11.4 Å². The second-order valence-corrected chi connectivity index (χ2v) is 8.23. The van der Waals surface area contributed by atoms with Crippen LogP contribution in [0.2, 0.25) is 0 Å². The van der Waals surface area contributed by atoms with Gasteiger partial charge in [0, 0.05) is 16.9 Å². The van der Waals surface area contributed by atoms with Gasteiger partial charge in [-0.1, -0.05) is 17.7 Å². The van der Waals surface area contributed by atoms with E-state index in [0.29, 0.717) is 0 Å². The first kappa shape index (κ1) is 21.1. The Morgan fingerprint density at radius 2 is 1.55 bits per heavy atom. The molecule has 0 aliphatic carbocycles. The molecule has 5 nitrogen and oxygen atoms in total. The lowest BCUT2D eigenvalue weighted by molar-refractivity contribution is -0.914. The number of carbonyl (C=O) groups is 2. The molecular weight excluding hydrogens is 362 g/mol. The van der Waals surface area contributed by atoms with E-state index in [-0.39, 0.29) is 17.7 Å². The topological polar surface area (TPSA) is 53.9 Å². The van der Waals surface area contributed by atoms with Gasteiger partial charge in [-0.25, -0.2) is 0 Å². The predicted octanol–water partition coefficient (Wildman–Crippen LogP) is 2.55. The van der Waals surface area contributed by atoms with Crippen LogP contribution in [0, 0.1) is 20.8 Å². The van der Waals surface area contributed by atoms with Crippen LogP contribution in [0.1, 0.15) is 40.9 Å². The van der Waals surface area contributed by atoms with Gasteiger partial charge >= 0.3 is 0 Å². The summed E-state index contributed by atoms with van der Waals surface area (Å²) in [6.45, 7) is 13.4. The third-order valence-electron chi connectivity index (χ3n) is 5.98. The normalized spacial score (nSPS) is 15.8. The van der Waals surface area contributed by atoms with Crippen LogP contribution >= 0.6 is 0 Å². The lowest BCUT2D eigenvalue weighted by Crippen LogP contribution is -3.19. The Balaban J connectivity index is 1.59. The van der Waals surface area contributed by atoms with E-state index in [1.165, 1.54) is 10.5 Å². The molecule has 3 rings (SSSR count). The van der Waals surface area contributed by atoms with Crippen LogP contribution in [0.3, 0.4) is 0 Å². The summed E-state index contributed by atoms with van der Waals surface area (Å²) in [5, 5.41) is 3.16. The highest BCUT2D eigenvalue weighted by molar-refractivity contribution is 5.95. The van der Waals surface area contributed by atoms with E-state index in [1.54, 1.807) is 6.92 Å². The second kappa shape index (κ2) is 8.78. The minimum Gasteiger partial charge on any atom is -0.360 e. The molecule has 154 valence electrons. The van der Waals surface area contributed by atoms with E-state index in [1.807, 2.05) is 45.0 Å². The van der Waals surface area contributed by atoms with Crippen LogP contribution in [0.15, 0.2) is 36.4 Å². The fourth-order valence-electron chi connectivity index (χ4n) is 4.19. The third kappa shape index (κ3) is 4.85. The Hall–Kier alpha value is -2.66. The van der Waals surface area contributed by atoms with Crippen LogP contribution < -0.4 is 15.1 Å². The van der Waals surface area contributed by atoms with Crippen LogP contribution in [0.25, 0.3) is 0 Å². The molecule has 29 heavy (non-hydrogen) atoms. The zero-order valence-electron chi connectivity index (χ0n) is 18.1. The molecule has 0 bridgehead atoms. The van der Waals surface area contributed by atoms with E-state index in [9.17, 15) is 9.59 Å². The highest BCUT2D eigenvalue weighted by atomic mass is 16.2. The summed E-state index contributed by atoms with van der Waals surface area (Å²) in [5.74, 6) is 0.166. The first-order valence-corrected chi connectivity index (χ1v) is 10.4. The van der Waals surface area contributed by atoms with Crippen molar-refractivity contribution in [3.8, 4) is 0 Å². The fourth-order valence-corrected chi connectivity index (χ4v) is 4.19. The average Bonchev–Trinajstić information content (AvgIpc) is 2.70. The van der Waals surface area contributed by atoms with E-state index >= 15 is 0 Å². The Morgan fingerprint density at radius 3 is 2.07 bits per heavy atom. The number of hydrogen-bond donors (Lipinski definition) is 2. The van der Waals surface area contributed by atoms with Gasteiger partial charge in [0.1, 0.15) is 0 Å². The summed E-state index contributed by atoms with van der Waals surface area (Å²) in [7, 11) is 0. The van der Waals surface area contributed by atoms with Gasteiger partial charge < -0.3 is 15.1 Å². The SMILES string of the molecule is CC(=O)c1ccc(N2CC[NH+]([C@@H](C)C(=O)Nc3c(C)cc(C)cc3C)CC2)cc1. The van der Waals surface area contributed by atoms with Gasteiger partial charge in [0.25, 0.3) is 5.91 Å². The molecule has 1 saturated heterocycles. The molecule has 1 amide bonds. The summed E-state index contributed by atoms with van der Waals surface area (Å²) in [5.41, 5.74) is 6.25. The molecule has 2 aromatic carbocycles. The molecule has 0 spiro atoms. The molecule has 1 heterocycles. The summed E-state index contributed by atoms with van der Waals surface area (Å²) in [6, 6.07) is 11.9. The molecule has 5 heteroatoms. The van der Waals surface area contributed by atoms with Crippen molar-refractivity contribution in [1.29, 1.82) is 0 Å². The number of hydrogen-bond acceptors (Lipinski definition) is 3. The number of Topliss-reactive ketones (excluding diaryl/α,β-unsaturated/α-hetero) is 1. The predicted molar refractivity (Wildman–Crippen MR) is 118 cm³/mol. The largest absolute Gasteiger partial charge is 0.360 e. The number of piperazine rings is 1. The van der Waals surface area contributed by atoms with Crippen molar-refractivity contribution in [3.05, 3.63) is 58.7 Å². The van der Waals surface area contributed by atoms with Crippen LogP contribution in [-0.4, -0.2) is 43.9 Å². The monoisotopic (exact) mass is 394 g/mol. The molecule has 1 fully saturated rings. The molecular formula is C24H32N3O2+. The van der Waals surface area contributed by atoms with Gasteiger partial charge in [-0.05, 0) is 70.0 Å². The van der Waals surface area contributed by atoms with Crippen LogP contribution in [-0.2, 0) is 4.79 Å². The third-order valence-corrected chi connectivity index (χ3v) is 5.98. The smallest absolute Gasteiger partial charge is 0.282 e. The Morgan fingerprint density at radius 1 is 1.00 bits per heavy atom. The van der Waals surface area contributed by atoms with E-state index < -0.39 is 0 Å². The van der Waals surface area contributed by atoms with Crippen molar-refractivity contribution in [3.63, 3.8) is 0 Å². The highest BCUT2D eigenvalue weighted by Crippen LogP contribution is 2.22. The summed E-state index contributed by atoms with van der Waals surface area (Å²) < 4.78 is 0. The van der Waals surface area contributed by atoms with Crippen molar-refractivity contribution in [2.24, 2.45) is 0 Å². The van der Waals surface area contributed by atoms with E-state index in [2.05, 4.69) is 29.3 Å². The Labute approximate surface area is 173 Å². The van der Waals surface area contributed by atoms with Gasteiger partial charge in [-0.15, -0.1) is 0 Å². The zero-order chi connectivity index (χ0) is 21.1. The maximum atomic E-state index is 12.9. The van der Waals surface area contributed by atoms with Gasteiger partial charge in [-0.2, -0.15) is 0 Å². The molecule has 2 aromatic rings. The van der Waals surface area contributed by atoms with Crippen molar-refractivity contribution in [2.75, 3.05) is 36.4 Å². The maximum Gasteiger partial charge on any atom is 0.282 e. The number of carbonyl (C=O) groups excluding carboxylic acids is 2. The molecule has 1 atom stereocenters. The number of benzene rings is 2. The molecule has 0 aromatic heterocycles. The second-order valence-electron chi connectivity index (χ2n) is 8.23. The minimum atomic E-state index is -0.0997. The molecule has 2 N–H and O–H groups in total. The van der Waals surface area contributed by atoms with Gasteiger partial charge in [0.15, 0.2) is 11.8 Å². The standard InChI is InChI=1S/C24H31N3O2/c1-16-14-17(2)23(18(3)15-16)25-24(29)19(4)26-10-12-27(13-11-26)22-8-6-21(7-9-22)20(5)28/h6-9,14-15,19H,10-13H2,1-5H3,(H,25,29)/p+1/t19-/m0/s1. The maximum absolute atomic E-state index is 12.9. The number of anilines is 2. The zero-order valence-corrected chi connectivity index (χ0v) is 18.1. The van der Waals surface area contributed by atoms with Gasteiger partial charge in [0.05, 0.1) is 26.2 Å². The molecule has 0 radical (unpaired) electrons. The lowest BCUT2D eigenvalue weighted by Gasteiger charge is -2.36. The van der Waals surface area contributed by atoms with Crippen molar-refractivity contribution < 1.29 is 14.5 Å². The lowest BCUT2D eigenvalue weighted by atomic mass is 10.0. The molecule has 0 unspecified atom stereocenters. The van der Waals surface area contributed by atoms with E-state index in [4.69, 9.17) is 0 Å². The molecule has 0 saturated carbocycles. The molecule has 1 aliphatic heterocycles. The summed E-state index contributed by atoms with van der Waals surface area (Å²) in [6.07, 6.45) is 0. The van der Waals surface area contributed by atoms with Crippen molar-refractivity contribution >= 4 is 23.1 Å². The Bertz CT molecular complexity index is 874. The highest BCUT2D eigenvalue weighted by Gasteiger charge is 2.29. The van der Waals surface area contributed by atoms with Gasteiger partial charge in [0.2, 0.25) is 0 Å². The number of quaternary nitrogens is 1. The fraction of sp³-hybridized carbons (Fsp3) is 0.417. The quantitative estimate of drug-likeness (QED) is 0.767. The van der Waals surface area contributed by atoms with Gasteiger partial charge in [-0.3, -0.25) is 9.59 Å². The number of ketones is 1. The minimum absolute atomic E-state index is 0.0781. The summed E-state index contributed by atoms with van der Waals surface area (Å²) >= 11 is 0. The number of aryl methyl sites for hydroxylation is 3. The first-order valence-electron chi connectivity index (χ1n) is 10.4. The first-order chi connectivity index (χ1) is 13.8. The Kier molecular flexibility index (Phi) is 6.38. The number of nitrogens with zero attached hydrogens (tertiary/aromatic N) is 1. The van der Waals surface area contributed by atoms with Crippen LogP contribution in [0.5, 0.6) is 0 Å². The number of amides is 1. The van der Waals surface area contributed by atoms with Crippen molar-refractivity contribution in [1.82, 2.24) is 0 Å².